The van der Waals surface area contributed by atoms with E-state index < -0.39 is 0 Å². The molecule has 0 aliphatic rings. The summed E-state index contributed by atoms with van der Waals surface area (Å²) in [4.78, 5) is 4.59. The van der Waals surface area contributed by atoms with E-state index in [0.717, 1.165) is 11.3 Å². The van der Waals surface area contributed by atoms with Gasteiger partial charge < -0.3 is 14.3 Å². The first-order valence-electron chi connectivity index (χ1n) is 4.69. The molecular formula is C11H15NO3. The van der Waals surface area contributed by atoms with Gasteiger partial charge in [-0.15, -0.1) is 0 Å². The molecule has 0 spiro atoms. The van der Waals surface area contributed by atoms with Crippen molar-refractivity contribution in [1.29, 1.82) is 0 Å². The lowest BCUT2D eigenvalue weighted by atomic mass is 10.2. The maximum atomic E-state index is 5.39. The number of hydrogen-bond donors (Lipinski definition) is 0. The van der Waals surface area contributed by atoms with E-state index in [1.54, 1.807) is 13.3 Å². The maximum absolute atomic E-state index is 5.39. The average molecular weight is 209 g/mol. The molecule has 0 aliphatic carbocycles. The molecule has 0 unspecified atom stereocenters. The molecule has 0 amide bonds. The molecule has 0 aliphatic heterocycles. The molecule has 0 bridgehead atoms. The number of methoxy groups -OCH3 is 1. The minimum atomic E-state index is 0.613. The van der Waals surface area contributed by atoms with Crippen molar-refractivity contribution in [3.8, 4) is 11.5 Å². The summed E-state index contributed by atoms with van der Waals surface area (Å²) in [7, 11) is 3.11. The molecule has 0 radical (unpaired) electrons. The molecule has 1 rings (SSSR count). The van der Waals surface area contributed by atoms with E-state index >= 15 is 0 Å². The lowest BCUT2D eigenvalue weighted by Gasteiger charge is -2.09. The van der Waals surface area contributed by atoms with Crippen molar-refractivity contribution in [2.24, 2.45) is 5.16 Å². The van der Waals surface area contributed by atoms with Crippen LogP contribution in [0.3, 0.4) is 0 Å². The van der Waals surface area contributed by atoms with Crippen LogP contribution in [0.25, 0.3) is 0 Å². The fraction of sp³-hybridized carbons (Fsp3) is 0.364. The summed E-state index contributed by atoms with van der Waals surface area (Å²) in [5.41, 5.74) is 0.900. The third kappa shape index (κ3) is 3.16. The van der Waals surface area contributed by atoms with Crippen molar-refractivity contribution >= 4 is 6.21 Å². The van der Waals surface area contributed by atoms with Gasteiger partial charge in [0.1, 0.15) is 7.11 Å². The van der Waals surface area contributed by atoms with Crippen LogP contribution in [0.2, 0.25) is 0 Å². The van der Waals surface area contributed by atoms with Gasteiger partial charge in [-0.2, -0.15) is 0 Å². The normalized spacial score (nSPS) is 10.3. The summed E-state index contributed by atoms with van der Waals surface area (Å²) in [6.07, 6.45) is 1.61. The molecule has 0 fully saturated rings. The smallest absolute Gasteiger partial charge is 0.161 e. The Morgan fingerprint density at radius 3 is 2.67 bits per heavy atom. The van der Waals surface area contributed by atoms with E-state index in [9.17, 15) is 0 Å². The summed E-state index contributed by atoms with van der Waals surface area (Å²) in [5.74, 6) is 1.42. The molecule has 15 heavy (non-hydrogen) atoms. The maximum Gasteiger partial charge on any atom is 0.161 e. The van der Waals surface area contributed by atoms with Crippen LogP contribution in [0.4, 0.5) is 0 Å². The molecule has 0 N–H and O–H groups in total. The summed E-state index contributed by atoms with van der Waals surface area (Å²) in [6.45, 7) is 2.54. The lowest BCUT2D eigenvalue weighted by molar-refractivity contribution is 0.215. The van der Waals surface area contributed by atoms with Crippen molar-refractivity contribution in [1.82, 2.24) is 0 Å². The van der Waals surface area contributed by atoms with Gasteiger partial charge in [0.25, 0.3) is 0 Å². The van der Waals surface area contributed by atoms with Crippen LogP contribution in [-0.2, 0) is 4.84 Å². The molecule has 1 aromatic rings. The number of oxime groups is 1. The molecule has 0 saturated heterocycles. The molecule has 0 aromatic heterocycles. The Morgan fingerprint density at radius 1 is 1.27 bits per heavy atom. The highest BCUT2D eigenvalue weighted by Crippen LogP contribution is 2.27. The zero-order valence-corrected chi connectivity index (χ0v) is 9.19. The van der Waals surface area contributed by atoms with Crippen molar-refractivity contribution in [2.45, 2.75) is 6.92 Å². The van der Waals surface area contributed by atoms with E-state index in [1.165, 1.54) is 7.11 Å². The fourth-order valence-corrected chi connectivity index (χ4v) is 1.15. The van der Waals surface area contributed by atoms with Crippen molar-refractivity contribution < 1.29 is 14.3 Å². The standard InChI is InChI=1S/C11H15NO3/c1-4-15-10-6-5-9(8-12-14-3)7-11(10)13-2/h5-8H,4H2,1-3H3. The second-order valence-electron chi connectivity index (χ2n) is 2.76. The quantitative estimate of drug-likeness (QED) is 0.550. The molecule has 0 heterocycles. The Kier molecular flexibility index (Phi) is 4.47. The second kappa shape index (κ2) is 5.90. The minimum Gasteiger partial charge on any atom is -0.493 e. The lowest BCUT2D eigenvalue weighted by Crippen LogP contribution is -1.96. The van der Waals surface area contributed by atoms with E-state index in [1.807, 2.05) is 25.1 Å². The number of rotatable bonds is 5. The molecule has 4 nitrogen and oxygen atoms in total. The third-order valence-corrected chi connectivity index (χ3v) is 1.79. The highest BCUT2D eigenvalue weighted by molar-refractivity contribution is 5.80. The molecule has 1 aromatic carbocycles. The minimum absolute atomic E-state index is 0.613. The Morgan fingerprint density at radius 2 is 2.07 bits per heavy atom. The zero-order chi connectivity index (χ0) is 11.1. The van der Waals surface area contributed by atoms with Crippen LogP contribution in [-0.4, -0.2) is 27.0 Å². The highest BCUT2D eigenvalue weighted by atomic mass is 16.6. The third-order valence-electron chi connectivity index (χ3n) is 1.79. The SMILES string of the molecule is CCOc1ccc(C=NOC)cc1OC. The Balaban J connectivity index is 2.91. The summed E-state index contributed by atoms with van der Waals surface area (Å²) in [5, 5.41) is 3.67. The first-order valence-corrected chi connectivity index (χ1v) is 4.69. The topological polar surface area (TPSA) is 40.0 Å². The molecule has 0 atom stereocenters. The van der Waals surface area contributed by atoms with Gasteiger partial charge in [-0.05, 0) is 25.1 Å². The first-order chi connectivity index (χ1) is 7.31. The van der Waals surface area contributed by atoms with Crippen molar-refractivity contribution in [3.63, 3.8) is 0 Å². The van der Waals surface area contributed by atoms with E-state index in [-0.39, 0.29) is 0 Å². The summed E-state index contributed by atoms with van der Waals surface area (Å²) < 4.78 is 10.6. The van der Waals surface area contributed by atoms with Crippen LogP contribution >= 0.6 is 0 Å². The number of ether oxygens (including phenoxy) is 2. The molecule has 4 heteroatoms. The van der Waals surface area contributed by atoms with Gasteiger partial charge in [-0.3, -0.25) is 0 Å². The van der Waals surface area contributed by atoms with Gasteiger partial charge in [0.15, 0.2) is 11.5 Å². The first kappa shape index (κ1) is 11.4. The highest BCUT2D eigenvalue weighted by Gasteiger charge is 2.03. The number of benzene rings is 1. The Bertz CT molecular complexity index is 337. The zero-order valence-electron chi connectivity index (χ0n) is 9.19. The predicted molar refractivity (Wildman–Crippen MR) is 58.8 cm³/mol. The predicted octanol–water partition coefficient (Wildman–Crippen LogP) is 2.07. The largest absolute Gasteiger partial charge is 0.493 e. The van der Waals surface area contributed by atoms with Crippen LogP contribution in [0, 0.1) is 0 Å². The van der Waals surface area contributed by atoms with Crippen LogP contribution in [0.1, 0.15) is 12.5 Å². The van der Waals surface area contributed by atoms with Crippen LogP contribution < -0.4 is 9.47 Å². The van der Waals surface area contributed by atoms with Gasteiger partial charge in [0.05, 0.1) is 19.9 Å². The average Bonchev–Trinajstić information content (AvgIpc) is 2.28. The van der Waals surface area contributed by atoms with Gasteiger partial charge in [-0.1, -0.05) is 5.16 Å². The molecular weight excluding hydrogens is 194 g/mol. The number of hydrogen-bond acceptors (Lipinski definition) is 4. The fourth-order valence-electron chi connectivity index (χ4n) is 1.15. The summed E-state index contributed by atoms with van der Waals surface area (Å²) >= 11 is 0. The van der Waals surface area contributed by atoms with E-state index in [4.69, 9.17) is 9.47 Å². The molecule has 0 saturated carbocycles. The van der Waals surface area contributed by atoms with Crippen LogP contribution in [0.15, 0.2) is 23.4 Å². The Labute approximate surface area is 89.4 Å². The Hall–Kier alpha value is -1.71. The number of nitrogens with zero attached hydrogens (tertiary/aromatic N) is 1. The van der Waals surface area contributed by atoms with E-state index in [2.05, 4.69) is 9.99 Å². The summed E-state index contributed by atoms with van der Waals surface area (Å²) in [6, 6.07) is 5.57. The molecule has 82 valence electrons. The second-order valence-corrected chi connectivity index (χ2v) is 2.76. The van der Waals surface area contributed by atoms with Crippen molar-refractivity contribution in [3.05, 3.63) is 23.8 Å². The van der Waals surface area contributed by atoms with Crippen LogP contribution in [0.5, 0.6) is 11.5 Å². The monoisotopic (exact) mass is 209 g/mol. The van der Waals surface area contributed by atoms with Gasteiger partial charge >= 0.3 is 0 Å². The van der Waals surface area contributed by atoms with Gasteiger partial charge in [0, 0.05) is 5.56 Å². The van der Waals surface area contributed by atoms with Crippen molar-refractivity contribution in [2.75, 3.05) is 20.8 Å². The van der Waals surface area contributed by atoms with Gasteiger partial charge in [0.2, 0.25) is 0 Å². The van der Waals surface area contributed by atoms with Gasteiger partial charge in [-0.25, -0.2) is 0 Å². The van der Waals surface area contributed by atoms with E-state index in [0.29, 0.717) is 12.4 Å².